The number of hydrogen-bond donors (Lipinski definition) is 1. The zero-order chi connectivity index (χ0) is 8.39. The molecule has 1 saturated carbocycles. The van der Waals surface area contributed by atoms with Crippen LogP contribution in [-0.2, 0) is 0 Å². The summed E-state index contributed by atoms with van der Waals surface area (Å²) in [7, 11) is 0. The molecule has 2 N–H and O–H groups in total. The molecule has 0 radical (unpaired) electrons. The Kier molecular flexibility index (Phi) is 2.50. The molecule has 0 aromatic carbocycles. The van der Waals surface area contributed by atoms with Crippen LogP contribution in [0, 0.1) is 5.92 Å². The molecule has 1 nitrogen and oxygen atoms in total. The van der Waals surface area contributed by atoms with E-state index in [0.29, 0.717) is 6.04 Å². The van der Waals surface area contributed by atoms with Crippen LogP contribution in [0.4, 0.5) is 0 Å². The molecule has 0 amide bonds. The average Bonchev–Trinajstić information content (AvgIpc) is 2.47. The zero-order valence-corrected chi connectivity index (χ0v) is 7.76. The molecule has 2 rings (SSSR count). The Bertz CT molecular complexity index is 179. The van der Waals surface area contributed by atoms with Gasteiger partial charge in [0.2, 0.25) is 0 Å². The number of allylic oxidation sites excluding steroid dienone is 1. The summed E-state index contributed by atoms with van der Waals surface area (Å²) >= 11 is 0. The Morgan fingerprint density at radius 3 is 2.75 bits per heavy atom. The minimum atomic E-state index is 0.401. The average molecular weight is 165 g/mol. The molecule has 1 unspecified atom stereocenters. The van der Waals surface area contributed by atoms with Gasteiger partial charge >= 0.3 is 0 Å². The van der Waals surface area contributed by atoms with Crippen molar-refractivity contribution in [3.63, 3.8) is 0 Å². The fourth-order valence-corrected chi connectivity index (χ4v) is 2.27. The van der Waals surface area contributed by atoms with Gasteiger partial charge in [-0.2, -0.15) is 0 Å². The van der Waals surface area contributed by atoms with Crippen molar-refractivity contribution in [2.24, 2.45) is 11.7 Å². The van der Waals surface area contributed by atoms with E-state index in [-0.39, 0.29) is 0 Å². The summed E-state index contributed by atoms with van der Waals surface area (Å²) in [4.78, 5) is 0. The second-order valence-electron chi connectivity index (χ2n) is 4.31. The van der Waals surface area contributed by atoms with Crippen LogP contribution in [0.25, 0.3) is 0 Å². The van der Waals surface area contributed by atoms with Crippen molar-refractivity contribution in [1.29, 1.82) is 0 Å². The van der Waals surface area contributed by atoms with E-state index in [2.05, 4.69) is 6.08 Å². The molecule has 0 spiro atoms. The standard InChI is InChI=1S/C11H19N/c12-11(8-9-4-3-5-9)10-6-1-2-7-10/h6,9,11H,1-5,7-8,12H2. The summed E-state index contributed by atoms with van der Waals surface area (Å²) in [6.07, 6.45) is 11.8. The van der Waals surface area contributed by atoms with E-state index in [4.69, 9.17) is 5.73 Å². The van der Waals surface area contributed by atoms with Gasteiger partial charge in [0, 0.05) is 6.04 Å². The predicted molar refractivity (Wildman–Crippen MR) is 51.9 cm³/mol. The van der Waals surface area contributed by atoms with Crippen molar-refractivity contribution in [2.75, 3.05) is 0 Å². The Hall–Kier alpha value is -0.300. The van der Waals surface area contributed by atoms with Gasteiger partial charge < -0.3 is 5.73 Å². The van der Waals surface area contributed by atoms with Gasteiger partial charge in [0.15, 0.2) is 0 Å². The van der Waals surface area contributed by atoms with Gasteiger partial charge in [0.25, 0.3) is 0 Å². The minimum absolute atomic E-state index is 0.401. The second-order valence-corrected chi connectivity index (χ2v) is 4.31. The maximum atomic E-state index is 6.12. The smallest absolute Gasteiger partial charge is 0.0256 e. The first-order valence-corrected chi connectivity index (χ1v) is 5.31. The van der Waals surface area contributed by atoms with E-state index in [1.54, 1.807) is 5.57 Å². The lowest BCUT2D eigenvalue weighted by atomic mass is 9.79. The number of nitrogens with two attached hydrogens (primary N) is 1. The normalized spacial score (nSPS) is 26.6. The molecule has 2 aliphatic rings. The van der Waals surface area contributed by atoms with Gasteiger partial charge in [0.05, 0.1) is 0 Å². The molecule has 1 heteroatoms. The summed E-state index contributed by atoms with van der Waals surface area (Å²) in [6.45, 7) is 0. The number of rotatable bonds is 3. The Balaban J connectivity index is 1.78. The quantitative estimate of drug-likeness (QED) is 0.639. The van der Waals surface area contributed by atoms with Crippen molar-refractivity contribution < 1.29 is 0 Å². The molecule has 2 aliphatic carbocycles. The summed E-state index contributed by atoms with van der Waals surface area (Å²) in [5.41, 5.74) is 7.66. The molecule has 12 heavy (non-hydrogen) atoms. The van der Waals surface area contributed by atoms with E-state index < -0.39 is 0 Å². The molecule has 68 valence electrons. The summed E-state index contributed by atoms with van der Waals surface area (Å²) in [6, 6.07) is 0.401. The Morgan fingerprint density at radius 2 is 2.25 bits per heavy atom. The highest BCUT2D eigenvalue weighted by molar-refractivity contribution is 5.14. The maximum absolute atomic E-state index is 6.12. The third-order valence-corrected chi connectivity index (χ3v) is 3.36. The molecular weight excluding hydrogens is 146 g/mol. The van der Waals surface area contributed by atoms with E-state index in [9.17, 15) is 0 Å². The molecule has 0 aromatic heterocycles. The predicted octanol–water partition coefficient (Wildman–Crippen LogP) is 2.61. The first kappa shape index (κ1) is 8.31. The topological polar surface area (TPSA) is 26.0 Å². The van der Waals surface area contributed by atoms with E-state index >= 15 is 0 Å². The third kappa shape index (κ3) is 1.71. The lowest BCUT2D eigenvalue weighted by Gasteiger charge is -2.28. The Morgan fingerprint density at radius 1 is 1.42 bits per heavy atom. The van der Waals surface area contributed by atoms with Gasteiger partial charge in [-0.15, -0.1) is 0 Å². The van der Waals surface area contributed by atoms with Crippen molar-refractivity contribution >= 4 is 0 Å². The maximum Gasteiger partial charge on any atom is 0.0256 e. The van der Waals surface area contributed by atoms with Crippen LogP contribution >= 0.6 is 0 Å². The van der Waals surface area contributed by atoms with Crippen LogP contribution in [0.15, 0.2) is 11.6 Å². The SMILES string of the molecule is NC(CC1CCC1)C1=CCCC1. The monoisotopic (exact) mass is 165 g/mol. The molecule has 1 atom stereocenters. The highest BCUT2D eigenvalue weighted by Crippen LogP contribution is 2.33. The van der Waals surface area contributed by atoms with Gasteiger partial charge in [-0.3, -0.25) is 0 Å². The highest BCUT2D eigenvalue weighted by Gasteiger charge is 2.22. The summed E-state index contributed by atoms with van der Waals surface area (Å²) in [5.74, 6) is 0.960. The third-order valence-electron chi connectivity index (χ3n) is 3.36. The molecule has 0 bridgehead atoms. The Labute approximate surface area is 75.0 Å². The van der Waals surface area contributed by atoms with Crippen molar-refractivity contribution in [3.05, 3.63) is 11.6 Å². The van der Waals surface area contributed by atoms with Gasteiger partial charge in [-0.05, 0) is 31.6 Å². The summed E-state index contributed by atoms with van der Waals surface area (Å²) < 4.78 is 0. The molecule has 1 fully saturated rings. The highest BCUT2D eigenvalue weighted by atomic mass is 14.6. The number of hydrogen-bond acceptors (Lipinski definition) is 1. The van der Waals surface area contributed by atoms with Crippen LogP contribution in [-0.4, -0.2) is 6.04 Å². The zero-order valence-electron chi connectivity index (χ0n) is 7.76. The fourth-order valence-electron chi connectivity index (χ4n) is 2.27. The fraction of sp³-hybridized carbons (Fsp3) is 0.818. The van der Waals surface area contributed by atoms with Crippen molar-refractivity contribution in [3.8, 4) is 0 Å². The minimum Gasteiger partial charge on any atom is -0.324 e. The van der Waals surface area contributed by atoms with E-state index in [0.717, 1.165) is 5.92 Å². The van der Waals surface area contributed by atoms with Gasteiger partial charge in [-0.25, -0.2) is 0 Å². The van der Waals surface area contributed by atoms with Crippen molar-refractivity contribution in [1.82, 2.24) is 0 Å². The lowest BCUT2D eigenvalue weighted by Crippen LogP contribution is -2.27. The first-order chi connectivity index (χ1) is 5.86. The molecule has 0 heterocycles. The van der Waals surface area contributed by atoms with Crippen LogP contribution in [0.3, 0.4) is 0 Å². The molecular formula is C11H19N. The largest absolute Gasteiger partial charge is 0.324 e. The van der Waals surface area contributed by atoms with E-state index in [1.807, 2.05) is 0 Å². The van der Waals surface area contributed by atoms with Crippen LogP contribution in [0.5, 0.6) is 0 Å². The van der Waals surface area contributed by atoms with Gasteiger partial charge in [0.1, 0.15) is 0 Å². The van der Waals surface area contributed by atoms with Gasteiger partial charge in [-0.1, -0.05) is 30.9 Å². The van der Waals surface area contributed by atoms with Crippen molar-refractivity contribution in [2.45, 2.75) is 51.0 Å². The lowest BCUT2D eigenvalue weighted by molar-refractivity contribution is 0.284. The van der Waals surface area contributed by atoms with Crippen LogP contribution in [0.1, 0.15) is 44.9 Å². The first-order valence-electron chi connectivity index (χ1n) is 5.31. The molecule has 0 aliphatic heterocycles. The van der Waals surface area contributed by atoms with Crippen LogP contribution in [0.2, 0.25) is 0 Å². The van der Waals surface area contributed by atoms with E-state index in [1.165, 1.54) is 44.9 Å². The second kappa shape index (κ2) is 3.61. The molecule has 0 aromatic rings. The molecule has 0 saturated heterocycles. The van der Waals surface area contributed by atoms with Crippen LogP contribution < -0.4 is 5.73 Å². The summed E-state index contributed by atoms with van der Waals surface area (Å²) in [5, 5.41) is 0.